The Balaban J connectivity index is 1.49. The summed E-state index contributed by atoms with van der Waals surface area (Å²) in [6, 6.07) is 14.8. The van der Waals surface area contributed by atoms with Crippen LogP contribution in [0.15, 0.2) is 60.9 Å². The van der Waals surface area contributed by atoms with Crippen LogP contribution in [0.2, 0.25) is 0 Å². The van der Waals surface area contributed by atoms with E-state index in [2.05, 4.69) is 20.8 Å². The van der Waals surface area contributed by atoms with Crippen molar-refractivity contribution in [2.24, 2.45) is 0 Å². The predicted molar refractivity (Wildman–Crippen MR) is 129 cm³/mol. The van der Waals surface area contributed by atoms with Crippen molar-refractivity contribution in [3.05, 3.63) is 83.4 Å². The minimum absolute atomic E-state index is 0.210. The number of pyridine rings is 1. The zero-order chi connectivity index (χ0) is 24.6. The van der Waals surface area contributed by atoms with E-state index in [1.807, 2.05) is 0 Å². The standard InChI is InChI=1S/C25H20FN5O3S/c26-23-19(4-3-5-22(23)30-35(33,34)31-10-1-2-11-31)24(32)21-15-29-25-20(21)12-18(14-28-25)17-8-6-16(13-27)7-9-17/h3-9,12,14-15,30H,1-2,10-11H2,(H,28,29). The molecule has 35 heavy (non-hydrogen) atoms. The van der Waals surface area contributed by atoms with Gasteiger partial charge in [0.25, 0.3) is 0 Å². The molecular formula is C25H20FN5O3S. The lowest BCUT2D eigenvalue weighted by atomic mass is 10.00. The highest BCUT2D eigenvalue weighted by molar-refractivity contribution is 7.90. The number of ketones is 1. The van der Waals surface area contributed by atoms with E-state index < -0.39 is 21.8 Å². The normalized spacial score (nSPS) is 14.2. The molecule has 1 aliphatic rings. The first-order chi connectivity index (χ1) is 16.9. The van der Waals surface area contributed by atoms with E-state index in [1.54, 1.807) is 36.5 Å². The van der Waals surface area contributed by atoms with Crippen LogP contribution in [0, 0.1) is 17.1 Å². The number of nitrogens with zero attached hydrogens (tertiary/aromatic N) is 3. The smallest absolute Gasteiger partial charge is 0.301 e. The Kier molecular flexibility index (Phi) is 5.80. The molecule has 0 radical (unpaired) electrons. The number of H-pyrrole nitrogens is 1. The molecule has 0 saturated carbocycles. The van der Waals surface area contributed by atoms with E-state index in [4.69, 9.17) is 5.26 Å². The number of aromatic nitrogens is 2. The number of hydrogen-bond donors (Lipinski definition) is 2. The van der Waals surface area contributed by atoms with Crippen LogP contribution >= 0.6 is 0 Å². The maximum Gasteiger partial charge on any atom is 0.301 e. The first kappa shape index (κ1) is 22.7. The van der Waals surface area contributed by atoms with Gasteiger partial charge in [-0.25, -0.2) is 9.37 Å². The summed E-state index contributed by atoms with van der Waals surface area (Å²) in [5.74, 6) is -1.54. The second-order valence-electron chi connectivity index (χ2n) is 8.22. The molecule has 0 amide bonds. The third kappa shape index (κ3) is 4.27. The van der Waals surface area contributed by atoms with E-state index in [-0.39, 0.29) is 16.8 Å². The monoisotopic (exact) mass is 489 g/mol. The summed E-state index contributed by atoms with van der Waals surface area (Å²) >= 11 is 0. The average molecular weight is 490 g/mol. The van der Waals surface area contributed by atoms with Crippen molar-refractivity contribution >= 4 is 32.7 Å². The van der Waals surface area contributed by atoms with Gasteiger partial charge in [0.15, 0.2) is 11.6 Å². The number of carbonyl (C=O) groups excluding carboxylic acids is 1. The molecule has 0 atom stereocenters. The molecular weight excluding hydrogens is 469 g/mol. The maximum atomic E-state index is 15.3. The van der Waals surface area contributed by atoms with Gasteiger partial charge >= 0.3 is 10.2 Å². The van der Waals surface area contributed by atoms with Crippen LogP contribution in [-0.4, -0.2) is 41.6 Å². The number of fused-ring (bicyclic) bond motifs is 1. The molecule has 8 nitrogen and oxygen atoms in total. The molecule has 2 aromatic carbocycles. The van der Waals surface area contributed by atoms with Crippen molar-refractivity contribution in [3.63, 3.8) is 0 Å². The lowest BCUT2D eigenvalue weighted by Crippen LogP contribution is -2.33. The zero-order valence-corrected chi connectivity index (χ0v) is 19.3. The van der Waals surface area contributed by atoms with Gasteiger partial charge in [-0.2, -0.15) is 18.0 Å². The summed E-state index contributed by atoms with van der Waals surface area (Å²) in [5.41, 5.74) is 2.19. The zero-order valence-electron chi connectivity index (χ0n) is 18.5. The summed E-state index contributed by atoms with van der Waals surface area (Å²) < 4.78 is 44.0. The Labute approximate surface area is 201 Å². The van der Waals surface area contributed by atoms with Crippen molar-refractivity contribution in [1.82, 2.24) is 14.3 Å². The number of rotatable bonds is 6. The van der Waals surface area contributed by atoms with E-state index in [9.17, 15) is 13.2 Å². The van der Waals surface area contributed by atoms with Gasteiger partial charge in [-0.1, -0.05) is 18.2 Å². The number of benzene rings is 2. The third-order valence-corrected chi connectivity index (χ3v) is 7.53. The highest BCUT2D eigenvalue weighted by Crippen LogP contribution is 2.29. The van der Waals surface area contributed by atoms with Crippen LogP contribution in [0.25, 0.3) is 22.2 Å². The van der Waals surface area contributed by atoms with E-state index >= 15 is 4.39 Å². The molecule has 4 aromatic rings. The SMILES string of the molecule is N#Cc1ccc(-c2cnc3[nH]cc(C(=O)c4cccc(NS(=O)(=O)N5CCCC5)c4F)c3c2)cc1. The minimum Gasteiger partial charge on any atom is -0.345 e. The number of anilines is 1. The van der Waals surface area contributed by atoms with Crippen molar-refractivity contribution in [3.8, 4) is 17.2 Å². The maximum absolute atomic E-state index is 15.3. The summed E-state index contributed by atoms with van der Waals surface area (Å²) in [7, 11) is -3.91. The Morgan fingerprint density at radius 3 is 2.54 bits per heavy atom. The van der Waals surface area contributed by atoms with Gasteiger partial charge in [-0.3, -0.25) is 9.52 Å². The molecule has 5 rings (SSSR count). The third-order valence-electron chi connectivity index (χ3n) is 6.01. The van der Waals surface area contributed by atoms with Crippen molar-refractivity contribution in [2.45, 2.75) is 12.8 Å². The van der Waals surface area contributed by atoms with Crippen LogP contribution in [0.4, 0.5) is 10.1 Å². The quantitative estimate of drug-likeness (QED) is 0.393. The number of nitrogens with one attached hydrogen (secondary N) is 2. The van der Waals surface area contributed by atoms with Crippen LogP contribution in [0.5, 0.6) is 0 Å². The fourth-order valence-electron chi connectivity index (χ4n) is 4.15. The molecule has 0 spiro atoms. The molecule has 10 heteroatoms. The molecule has 3 heterocycles. The molecule has 0 aliphatic carbocycles. The Hall–Kier alpha value is -4.07. The van der Waals surface area contributed by atoms with Crippen LogP contribution in [-0.2, 0) is 10.2 Å². The van der Waals surface area contributed by atoms with Crippen molar-refractivity contribution in [1.29, 1.82) is 5.26 Å². The first-order valence-electron chi connectivity index (χ1n) is 11.0. The highest BCUT2D eigenvalue weighted by atomic mass is 32.2. The topological polar surface area (TPSA) is 119 Å². The number of aromatic amines is 1. The van der Waals surface area contributed by atoms with Gasteiger partial charge in [-0.05, 0) is 48.7 Å². The Morgan fingerprint density at radius 2 is 1.83 bits per heavy atom. The number of nitriles is 1. The van der Waals surface area contributed by atoms with Crippen molar-refractivity contribution in [2.75, 3.05) is 17.8 Å². The van der Waals surface area contributed by atoms with Crippen LogP contribution in [0.1, 0.15) is 34.3 Å². The predicted octanol–water partition coefficient (Wildman–Crippen LogP) is 4.22. The van der Waals surface area contributed by atoms with Gasteiger partial charge in [0.2, 0.25) is 0 Å². The Bertz CT molecular complexity index is 1580. The molecule has 1 saturated heterocycles. The molecule has 176 valence electrons. The molecule has 1 fully saturated rings. The largest absolute Gasteiger partial charge is 0.345 e. The van der Waals surface area contributed by atoms with Gasteiger partial charge in [0.1, 0.15) is 5.65 Å². The fraction of sp³-hybridized carbons (Fsp3) is 0.160. The molecule has 0 unspecified atom stereocenters. The Morgan fingerprint density at radius 1 is 1.09 bits per heavy atom. The summed E-state index contributed by atoms with van der Waals surface area (Å²) in [6.07, 6.45) is 4.60. The lowest BCUT2D eigenvalue weighted by molar-refractivity contribution is 0.103. The van der Waals surface area contributed by atoms with Gasteiger partial charge in [0, 0.05) is 42.0 Å². The van der Waals surface area contributed by atoms with Crippen LogP contribution in [0.3, 0.4) is 0 Å². The lowest BCUT2D eigenvalue weighted by Gasteiger charge is -2.17. The van der Waals surface area contributed by atoms with Gasteiger partial charge < -0.3 is 4.98 Å². The van der Waals surface area contributed by atoms with Gasteiger partial charge in [0.05, 0.1) is 22.9 Å². The van der Waals surface area contributed by atoms with Crippen LogP contribution < -0.4 is 4.72 Å². The molecule has 2 N–H and O–H groups in total. The molecule has 1 aliphatic heterocycles. The minimum atomic E-state index is -3.91. The van der Waals surface area contributed by atoms with E-state index in [1.165, 1.54) is 28.7 Å². The highest BCUT2D eigenvalue weighted by Gasteiger charge is 2.27. The summed E-state index contributed by atoms with van der Waals surface area (Å²) in [4.78, 5) is 20.6. The van der Waals surface area contributed by atoms with Gasteiger partial charge in [-0.15, -0.1) is 0 Å². The number of carbonyl (C=O) groups is 1. The molecule has 0 bridgehead atoms. The van der Waals surface area contributed by atoms with Crippen molar-refractivity contribution < 1.29 is 17.6 Å². The number of halogens is 1. The summed E-state index contributed by atoms with van der Waals surface area (Å²) in [5, 5.41) is 9.50. The fourth-order valence-corrected chi connectivity index (χ4v) is 5.45. The molecule has 2 aromatic heterocycles. The second-order valence-corrected chi connectivity index (χ2v) is 9.89. The van der Waals surface area contributed by atoms with E-state index in [0.717, 1.165) is 24.0 Å². The number of hydrogen-bond acceptors (Lipinski definition) is 5. The van der Waals surface area contributed by atoms with E-state index in [0.29, 0.717) is 29.7 Å². The second kappa shape index (κ2) is 8.94. The average Bonchev–Trinajstić information content (AvgIpc) is 3.55. The summed E-state index contributed by atoms with van der Waals surface area (Å²) in [6.45, 7) is 0.749. The first-order valence-corrected chi connectivity index (χ1v) is 12.4.